The zero-order valence-corrected chi connectivity index (χ0v) is 20.8. The van der Waals surface area contributed by atoms with E-state index in [9.17, 15) is 4.79 Å². The highest BCUT2D eigenvalue weighted by Crippen LogP contribution is 2.36. The number of aliphatic carboxylic acids is 1. The monoisotopic (exact) mass is 487 g/mol. The van der Waals surface area contributed by atoms with Crippen LogP contribution in [0.3, 0.4) is 0 Å². The predicted octanol–water partition coefficient (Wildman–Crippen LogP) is 5.85. The number of fused-ring (bicyclic) bond motifs is 1. The zero-order chi connectivity index (χ0) is 24.9. The number of pyridine rings is 1. The highest BCUT2D eigenvalue weighted by atomic mass is 16.5. The van der Waals surface area contributed by atoms with E-state index in [4.69, 9.17) is 19.2 Å². The number of nitrogens with zero attached hydrogens (tertiary/aromatic N) is 3. The van der Waals surface area contributed by atoms with Crippen molar-refractivity contribution in [2.75, 3.05) is 24.6 Å². The fourth-order valence-electron chi connectivity index (χ4n) is 5.14. The van der Waals surface area contributed by atoms with Crippen LogP contribution in [0.25, 0.3) is 17.0 Å². The SMILES string of the molecule is Cc1oc(-c2ccc(N3CCCCC3)nc2)nc1CCOc1cccc2c1CCC/C2=C/CC(=O)O. The van der Waals surface area contributed by atoms with Gasteiger partial charge in [-0.15, -0.1) is 0 Å². The molecule has 2 aromatic heterocycles. The Kier molecular flexibility index (Phi) is 7.35. The summed E-state index contributed by atoms with van der Waals surface area (Å²) in [4.78, 5) is 22.7. The Hall–Kier alpha value is -3.61. The summed E-state index contributed by atoms with van der Waals surface area (Å²) in [6.45, 7) is 4.56. The Morgan fingerprint density at radius 2 is 2.00 bits per heavy atom. The molecule has 1 fully saturated rings. The van der Waals surface area contributed by atoms with Gasteiger partial charge >= 0.3 is 5.97 Å². The minimum absolute atomic E-state index is 0.0458. The molecule has 2 aliphatic rings. The standard InChI is InChI=1S/C29H33N3O4/c1-20-25(31-29(36-20)22-11-13-27(30-19-22)32-16-3-2-4-17-32)15-18-35-26-10-6-8-23-21(12-14-28(33)34)7-5-9-24(23)26/h6,8,10-13,19H,2-5,7,9,14-18H2,1H3,(H,33,34)/b21-12-. The highest BCUT2D eigenvalue weighted by molar-refractivity contribution is 5.77. The van der Waals surface area contributed by atoms with Crippen molar-refractivity contribution in [3.05, 3.63) is 65.2 Å². The molecule has 36 heavy (non-hydrogen) atoms. The van der Waals surface area contributed by atoms with Crippen molar-refractivity contribution in [3.8, 4) is 17.2 Å². The molecule has 0 atom stereocenters. The molecule has 1 saturated heterocycles. The molecule has 1 aliphatic heterocycles. The smallest absolute Gasteiger partial charge is 0.307 e. The number of carboxylic acid groups (broad SMARTS) is 1. The average molecular weight is 488 g/mol. The lowest BCUT2D eigenvalue weighted by atomic mass is 9.86. The molecule has 0 unspecified atom stereocenters. The van der Waals surface area contributed by atoms with Gasteiger partial charge in [0.05, 0.1) is 24.3 Å². The third kappa shape index (κ3) is 5.45. The van der Waals surface area contributed by atoms with Gasteiger partial charge < -0.3 is 19.2 Å². The number of benzene rings is 1. The van der Waals surface area contributed by atoms with Crippen molar-refractivity contribution < 1.29 is 19.1 Å². The van der Waals surface area contributed by atoms with Crippen LogP contribution in [0.15, 0.2) is 47.0 Å². The lowest BCUT2D eigenvalue weighted by Gasteiger charge is -2.27. The Bertz CT molecular complexity index is 1240. The average Bonchev–Trinajstić information content (AvgIpc) is 3.28. The van der Waals surface area contributed by atoms with Crippen LogP contribution in [0.2, 0.25) is 0 Å². The summed E-state index contributed by atoms with van der Waals surface area (Å²) in [5, 5.41) is 9.05. The summed E-state index contributed by atoms with van der Waals surface area (Å²) in [6.07, 6.45) is 10.9. The van der Waals surface area contributed by atoms with E-state index >= 15 is 0 Å². The van der Waals surface area contributed by atoms with Gasteiger partial charge in [-0.3, -0.25) is 4.79 Å². The number of piperidine rings is 1. The normalized spacial score (nSPS) is 16.7. The van der Waals surface area contributed by atoms with Crippen LogP contribution in [0, 0.1) is 6.92 Å². The first-order valence-corrected chi connectivity index (χ1v) is 12.9. The second-order valence-electron chi connectivity index (χ2n) is 9.54. The van der Waals surface area contributed by atoms with Gasteiger partial charge in [0, 0.05) is 31.3 Å². The Morgan fingerprint density at radius 1 is 1.14 bits per heavy atom. The number of carboxylic acids is 1. The van der Waals surface area contributed by atoms with E-state index in [1.165, 1.54) is 19.3 Å². The summed E-state index contributed by atoms with van der Waals surface area (Å²) in [7, 11) is 0. The number of anilines is 1. The van der Waals surface area contributed by atoms with Crippen molar-refractivity contribution in [1.29, 1.82) is 0 Å². The largest absolute Gasteiger partial charge is 0.493 e. The van der Waals surface area contributed by atoms with Crippen LogP contribution in [0.5, 0.6) is 5.75 Å². The Morgan fingerprint density at radius 3 is 2.78 bits per heavy atom. The number of carbonyl (C=O) groups is 1. The molecule has 0 saturated carbocycles. The van der Waals surface area contributed by atoms with Crippen molar-refractivity contribution in [1.82, 2.24) is 9.97 Å². The van der Waals surface area contributed by atoms with Gasteiger partial charge in [-0.1, -0.05) is 18.2 Å². The van der Waals surface area contributed by atoms with E-state index in [0.29, 0.717) is 18.9 Å². The van der Waals surface area contributed by atoms with Gasteiger partial charge in [-0.05, 0) is 74.8 Å². The van der Waals surface area contributed by atoms with Crippen molar-refractivity contribution >= 4 is 17.4 Å². The van der Waals surface area contributed by atoms with Gasteiger partial charge in [0.25, 0.3) is 0 Å². The maximum atomic E-state index is 11.0. The molecule has 188 valence electrons. The maximum absolute atomic E-state index is 11.0. The van der Waals surface area contributed by atoms with Crippen molar-refractivity contribution in [3.63, 3.8) is 0 Å². The van der Waals surface area contributed by atoms with Crippen LogP contribution in [-0.2, 0) is 17.6 Å². The molecule has 7 heteroatoms. The molecule has 0 radical (unpaired) electrons. The number of aromatic nitrogens is 2. The first kappa shape index (κ1) is 24.1. The second-order valence-corrected chi connectivity index (χ2v) is 9.54. The number of oxazole rings is 1. The van der Waals surface area contributed by atoms with E-state index in [0.717, 1.165) is 77.6 Å². The van der Waals surface area contributed by atoms with Gasteiger partial charge in [-0.25, -0.2) is 9.97 Å². The summed E-state index contributed by atoms with van der Waals surface area (Å²) >= 11 is 0. The zero-order valence-electron chi connectivity index (χ0n) is 20.8. The minimum Gasteiger partial charge on any atom is -0.493 e. The van der Waals surface area contributed by atoms with Gasteiger partial charge in [0.1, 0.15) is 17.3 Å². The van der Waals surface area contributed by atoms with E-state index in [1.807, 2.05) is 37.4 Å². The summed E-state index contributed by atoms with van der Waals surface area (Å²) in [5.41, 5.74) is 5.14. The number of rotatable bonds is 8. The van der Waals surface area contributed by atoms with E-state index in [2.05, 4.69) is 22.0 Å². The fraction of sp³-hybridized carbons (Fsp3) is 0.414. The Balaban J connectivity index is 1.23. The first-order chi connectivity index (χ1) is 17.6. The quantitative estimate of drug-likeness (QED) is 0.426. The third-order valence-electron chi connectivity index (χ3n) is 7.04. The lowest BCUT2D eigenvalue weighted by Crippen LogP contribution is -2.29. The molecule has 1 aromatic carbocycles. The van der Waals surface area contributed by atoms with Crippen LogP contribution in [-0.4, -0.2) is 40.7 Å². The molecule has 0 amide bonds. The van der Waals surface area contributed by atoms with Gasteiger partial charge in [0.15, 0.2) is 0 Å². The van der Waals surface area contributed by atoms with Gasteiger partial charge in [0.2, 0.25) is 5.89 Å². The molecule has 3 heterocycles. The predicted molar refractivity (Wildman–Crippen MR) is 139 cm³/mol. The molecular formula is C29H33N3O4. The molecule has 0 bridgehead atoms. The minimum atomic E-state index is -0.807. The fourth-order valence-corrected chi connectivity index (χ4v) is 5.14. The molecule has 3 aromatic rings. The number of allylic oxidation sites excluding steroid dienone is 1. The van der Waals surface area contributed by atoms with E-state index < -0.39 is 5.97 Å². The molecule has 7 nitrogen and oxygen atoms in total. The summed E-state index contributed by atoms with van der Waals surface area (Å²) < 4.78 is 12.2. The van der Waals surface area contributed by atoms with Crippen LogP contribution in [0.1, 0.15) is 61.1 Å². The third-order valence-corrected chi connectivity index (χ3v) is 7.04. The number of hydrogen-bond acceptors (Lipinski definition) is 6. The van der Waals surface area contributed by atoms with Crippen molar-refractivity contribution in [2.24, 2.45) is 0 Å². The second kappa shape index (κ2) is 11.0. The van der Waals surface area contributed by atoms with Gasteiger partial charge in [-0.2, -0.15) is 0 Å². The summed E-state index contributed by atoms with van der Waals surface area (Å²) in [5.74, 6) is 2.46. The Labute approximate surface area is 211 Å². The topological polar surface area (TPSA) is 88.7 Å². The maximum Gasteiger partial charge on any atom is 0.307 e. The number of ether oxygens (including phenoxy) is 1. The van der Waals surface area contributed by atoms with E-state index in [-0.39, 0.29) is 6.42 Å². The first-order valence-electron chi connectivity index (χ1n) is 12.9. The van der Waals surface area contributed by atoms with Crippen molar-refractivity contribution in [2.45, 2.75) is 58.3 Å². The molecule has 0 spiro atoms. The number of hydrogen-bond donors (Lipinski definition) is 1. The molecule has 5 rings (SSSR count). The highest BCUT2D eigenvalue weighted by Gasteiger charge is 2.19. The lowest BCUT2D eigenvalue weighted by molar-refractivity contribution is -0.136. The van der Waals surface area contributed by atoms with Crippen LogP contribution >= 0.6 is 0 Å². The molecule has 1 aliphatic carbocycles. The van der Waals surface area contributed by atoms with E-state index in [1.54, 1.807) is 0 Å². The number of aryl methyl sites for hydroxylation is 1. The van der Waals surface area contributed by atoms with Crippen LogP contribution < -0.4 is 9.64 Å². The van der Waals surface area contributed by atoms with Crippen LogP contribution in [0.4, 0.5) is 5.82 Å². The summed E-state index contributed by atoms with van der Waals surface area (Å²) in [6, 6.07) is 10.1. The molecular weight excluding hydrogens is 454 g/mol. The molecule has 1 N–H and O–H groups in total.